The highest BCUT2D eigenvalue weighted by atomic mass is 35.5. The van der Waals surface area contributed by atoms with Crippen molar-refractivity contribution < 1.29 is 0 Å². The van der Waals surface area contributed by atoms with Gasteiger partial charge in [-0.3, -0.25) is 5.43 Å². The van der Waals surface area contributed by atoms with Crippen LogP contribution in [0.4, 0.5) is 5.69 Å². The van der Waals surface area contributed by atoms with Gasteiger partial charge in [0.05, 0.1) is 10.7 Å². The van der Waals surface area contributed by atoms with Crippen LogP contribution < -0.4 is 11.1 Å². The molecule has 2 aromatic rings. The van der Waals surface area contributed by atoms with Gasteiger partial charge in [0.1, 0.15) is 0 Å². The summed E-state index contributed by atoms with van der Waals surface area (Å²) in [5, 5.41) is 9.45. The van der Waals surface area contributed by atoms with Gasteiger partial charge < -0.3 is 0 Å². The summed E-state index contributed by atoms with van der Waals surface area (Å²) in [6.45, 7) is 0. The number of para-hydroxylation sites is 1. The highest BCUT2D eigenvalue weighted by molar-refractivity contribution is 6.33. The first kappa shape index (κ1) is 8.76. The van der Waals surface area contributed by atoms with Crippen LogP contribution in [0.15, 0.2) is 29.1 Å². The van der Waals surface area contributed by atoms with Crippen molar-refractivity contribution in [1.82, 2.24) is 20.3 Å². The molecule has 0 aliphatic rings. The largest absolute Gasteiger partial charge is 0.380 e. The Balaban J connectivity index is 2.32. The number of benzene rings is 1. The monoisotopic (exact) mass is 211 g/mol. The molecule has 0 amide bonds. The van der Waals surface area contributed by atoms with Gasteiger partial charge in [-0.25, -0.2) is 9.89 Å². The summed E-state index contributed by atoms with van der Waals surface area (Å²) in [6.07, 6.45) is 0. The smallest absolute Gasteiger partial charge is 0.271 e. The molecule has 0 unspecified atom stereocenters. The van der Waals surface area contributed by atoms with E-state index in [-0.39, 0.29) is 0 Å². The maximum atomic E-state index is 11.0. The fourth-order valence-corrected chi connectivity index (χ4v) is 1.11. The topological polar surface area (TPSA) is 75.6 Å². The number of aromatic amines is 1. The molecule has 14 heavy (non-hydrogen) atoms. The summed E-state index contributed by atoms with van der Waals surface area (Å²) >= 11 is 5.86. The number of rotatable bonds is 2. The molecule has 0 bridgehead atoms. The lowest BCUT2D eigenvalue weighted by Gasteiger charge is -2.04. The van der Waals surface area contributed by atoms with E-state index >= 15 is 0 Å². The molecule has 0 aliphatic carbocycles. The van der Waals surface area contributed by atoms with Gasteiger partial charge in [-0.05, 0) is 22.6 Å². The Hall–Kier alpha value is -1.82. The van der Waals surface area contributed by atoms with Gasteiger partial charge in [-0.2, -0.15) is 0 Å². The second-order valence-corrected chi connectivity index (χ2v) is 2.92. The summed E-state index contributed by atoms with van der Waals surface area (Å²) in [7, 11) is 0. The van der Waals surface area contributed by atoms with Crippen LogP contribution in [-0.4, -0.2) is 20.3 Å². The van der Waals surface area contributed by atoms with Gasteiger partial charge in [-0.1, -0.05) is 28.5 Å². The SMILES string of the molecule is O=c1[nH]nnn1Nc1ccccc1Cl. The van der Waals surface area contributed by atoms with Crippen molar-refractivity contribution >= 4 is 17.3 Å². The number of hydrogen-bond acceptors (Lipinski definition) is 4. The third-order valence-corrected chi connectivity index (χ3v) is 1.90. The summed E-state index contributed by atoms with van der Waals surface area (Å²) in [4.78, 5) is 12.0. The Kier molecular flexibility index (Phi) is 2.19. The summed E-state index contributed by atoms with van der Waals surface area (Å²) in [5.41, 5.74) is 2.82. The minimum absolute atomic E-state index is 0.454. The van der Waals surface area contributed by atoms with E-state index in [0.29, 0.717) is 10.7 Å². The standard InChI is InChI=1S/C7H6ClN5O/c8-5-3-1-2-4-6(5)10-13-7(14)9-11-12-13/h1-4,10H,(H,9,12,14). The molecule has 7 heteroatoms. The zero-order valence-corrected chi connectivity index (χ0v) is 7.69. The molecule has 2 N–H and O–H groups in total. The molecule has 0 fully saturated rings. The van der Waals surface area contributed by atoms with Crippen molar-refractivity contribution in [2.24, 2.45) is 0 Å². The van der Waals surface area contributed by atoms with Crippen molar-refractivity contribution in [3.8, 4) is 0 Å². The second-order valence-electron chi connectivity index (χ2n) is 2.51. The maximum Gasteiger partial charge on any atom is 0.380 e. The Morgan fingerprint density at radius 1 is 1.43 bits per heavy atom. The molecular weight excluding hydrogens is 206 g/mol. The predicted octanol–water partition coefficient (Wildman–Crippen LogP) is 0.495. The second kappa shape index (κ2) is 3.51. The number of aromatic nitrogens is 4. The molecule has 1 heterocycles. The van der Waals surface area contributed by atoms with E-state index in [1.807, 2.05) is 0 Å². The predicted molar refractivity (Wildman–Crippen MR) is 51.1 cm³/mol. The van der Waals surface area contributed by atoms with Gasteiger partial charge in [0.25, 0.3) is 0 Å². The molecule has 0 radical (unpaired) electrons. The van der Waals surface area contributed by atoms with Gasteiger partial charge in [-0.15, -0.1) is 0 Å². The number of tetrazole rings is 1. The summed E-state index contributed by atoms with van der Waals surface area (Å²) in [6, 6.07) is 7.01. The average molecular weight is 212 g/mol. The first-order valence-corrected chi connectivity index (χ1v) is 4.17. The average Bonchev–Trinajstić information content (AvgIpc) is 2.56. The van der Waals surface area contributed by atoms with Gasteiger partial charge in [0.2, 0.25) is 0 Å². The minimum atomic E-state index is -0.454. The Bertz CT molecular complexity index is 491. The van der Waals surface area contributed by atoms with Crippen LogP contribution in [0.2, 0.25) is 5.02 Å². The van der Waals surface area contributed by atoms with Crippen LogP contribution in [-0.2, 0) is 0 Å². The lowest BCUT2D eigenvalue weighted by Crippen LogP contribution is -2.25. The molecule has 0 aliphatic heterocycles. The summed E-state index contributed by atoms with van der Waals surface area (Å²) in [5.74, 6) is 0. The number of nitrogens with zero attached hydrogens (tertiary/aromatic N) is 3. The fraction of sp³-hybridized carbons (Fsp3) is 0. The number of hydrogen-bond donors (Lipinski definition) is 2. The van der Waals surface area contributed by atoms with Crippen LogP contribution in [0.3, 0.4) is 0 Å². The van der Waals surface area contributed by atoms with Gasteiger partial charge in [0, 0.05) is 0 Å². The van der Waals surface area contributed by atoms with Crippen molar-refractivity contribution in [3.05, 3.63) is 39.8 Å². The lowest BCUT2D eigenvalue weighted by molar-refractivity contribution is 0.724. The molecule has 6 nitrogen and oxygen atoms in total. The van der Waals surface area contributed by atoms with E-state index in [1.54, 1.807) is 24.3 Å². The van der Waals surface area contributed by atoms with E-state index in [0.717, 1.165) is 4.79 Å². The summed E-state index contributed by atoms with van der Waals surface area (Å²) < 4.78 is 0. The van der Waals surface area contributed by atoms with Gasteiger partial charge in [0.15, 0.2) is 0 Å². The quantitative estimate of drug-likeness (QED) is 0.758. The molecule has 72 valence electrons. The van der Waals surface area contributed by atoms with E-state index in [2.05, 4.69) is 21.0 Å². The molecule has 1 aromatic heterocycles. The number of H-pyrrole nitrogens is 1. The van der Waals surface area contributed by atoms with Crippen LogP contribution in [0.25, 0.3) is 0 Å². The minimum Gasteiger partial charge on any atom is -0.271 e. The van der Waals surface area contributed by atoms with E-state index in [9.17, 15) is 4.79 Å². The first-order valence-electron chi connectivity index (χ1n) is 3.79. The van der Waals surface area contributed by atoms with Crippen LogP contribution in [0.5, 0.6) is 0 Å². The van der Waals surface area contributed by atoms with E-state index < -0.39 is 5.69 Å². The molecular formula is C7H6ClN5O. The highest BCUT2D eigenvalue weighted by Crippen LogP contribution is 2.19. The van der Waals surface area contributed by atoms with Crippen molar-refractivity contribution in [2.45, 2.75) is 0 Å². The third-order valence-electron chi connectivity index (χ3n) is 1.57. The molecule has 0 atom stereocenters. The number of nitrogens with one attached hydrogen (secondary N) is 2. The zero-order chi connectivity index (χ0) is 9.97. The molecule has 1 aromatic carbocycles. The normalized spacial score (nSPS) is 10.1. The Morgan fingerprint density at radius 3 is 2.86 bits per heavy atom. The maximum absolute atomic E-state index is 11.0. The van der Waals surface area contributed by atoms with Crippen LogP contribution in [0.1, 0.15) is 0 Å². The van der Waals surface area contributed by atoms with Crippen molar-refractivity contribution in [2.75, 3.05) is 5.43 Å². The highest BCUT2D eigenvalue weighted by Gasteiger charge is 2.01. The molecule has 0 spiro atoms. The van der Waals surface area contributed by atoms with E-state index in [1.165, 1.54) is 0 Å². The number of anilines is 1. The number of halogens is 1. The lowest BCUT2D eigenvalue weighted by atomic mass is 10.3. The fourth-order valence-electron chi connectivity index (χ4n) is 0.937. The molecule has 2 rings (SSSR count). The Labute approximate surface area is 83.5 Å². The van der Waals surface area contributed by atoms with E-state index in [4.69, 9.17) is 11.6 Å². The van der Waals surface area contributed by atoms with Gasteiger partial charge >= 0.3 is 5.69 Å². The zero-order valence-electron chi connectivity index (χ0n) is 6.94. The van der Waals surface area contributed by atoms with Crippen LogP contribution >= 0.6 is 11.6 Å². The Morgan fingerprint density at radius 2 is 2.21 bits per heavy atom. The molecule has 0 saturated heterocycles. The van der Waals surface area contributed by atoms with Crippen molar-refractivity contribution in [1.29, 1.82) is 0 Å². The molecule has 0 saturated carbocycles. The van der Waals surface area contributed by atoms with Crippen molar-refractivity contribution in [3.63, 3.8) is 0 Å². The first-order chi connectivity index (χ1) is 6.77. The van der Waals surface area contributed by atoms with Crippen LogP contribution in [0, 0.1) is 0 Å². The third kappa shape index (κ3) is 1.60.